The zero-order chi connectivity index (χ0) is 70.2. The summed E-state index contributed by atoms with van der Waals surface area (Å²) in [5.41, 5.74) is 27.7. The average Bonchev–Trinajstić information content (AvgIpc) is 1.66. The van der Waals surface area contributed by atoms with E-state index in [1.54, 1.807) is 43.5 Å². The van der Waals surface area contributed by atoms with Crippen LogP contribution in [0.1, 0.15) is 201 Å². The molecule has 9 aromatic rings. The molecule has 0 aliphatic carbocycles. The number of ether oxygens (including phenoxy) is 3. The molecule has 12 heteroatoms. The van der Waals surface area contributed by atoms with E-state index in [-0.39, 0.29) is 43.7 Å². The van der Waals surface area contributed by atoms with Gasteiger partial charge in [0.25, 0.3) is 11.8 Å². The molecule has 0 unspecified atom stereocenters. The number of nitrogens with two attached hydrogens (primary N) is 1. The molecule has 0 atom stereocenters. The van der Waals surface area contributed by atoms with Gasteiger partial charge < -0.3 is 40.5 Å². The molecule has 8 bridgehead atoms. The number of carbonyl (C=O) groups excluding carboxylic acids is 2. The monoisotopic (exact) mass is 1290 g/mol. The second-order valence-electron chi connectivity index (χ2n) is 32.1. The summed E-state index contributed by atoms with van der Waals surface area (Å²) in [6.45, 7) is 41.0. The number of rotatable bonds is 11. The zero-order valence-corrected chi connectivity index (χ0v) is 60.5. The van der Waals surface area contributed by atoms with Gasteiger partial charge in [0, 0.05) is 61.6 Å². The zero-order valence-electron chi connectivity index (χ0n) is 60.5. The normalized spacial score (nSPS) is 12.8. The Morgan fingerprint density at radius 1 is 0.361 bits per heavy atom. The molecule has 6 N–H and O–H groups in total. The maximum atomic E-state index is 15.2. The molecule has 11 rings (SSSR count). The minimum absolute atomic E-state index is 0.160. The van der Waals surface area contributed by atoms with Crippen LogP contribution in [-0.4, -0.2) is 53.1 Å². The van der Waals surface area contributed by atoms with Gasteiger partial charge in [-0.25, -0.2) is 9.97 Å². The quantitative estimate of drug-likeness (QED) is 0.0797. The fourth-order valence-corrected chi connectivity index (χ4v) is 12.5. The number of nitrogens with zero attached hydrogens (tertiary/aromatic N) is 2. The van der Waals surface area contributed by atoms with Crippen LogP contribution in [0.25, 0.3) is 90.9 Å². The number of anilines is 3. The lowest BCUT2D eigenvalue weighted by molar-refractivity contribution is 0.101. The van der Waals surface area contributed by atoms with Crippen molar-refractivity contribution < 1.29 is 23.8 Å². The van der Waals surface area contributed by atoms with Crippen LogP contribution in [0.15, 0.2) is 133 Å². The van der Waals surface area contributed by atoms with E-state index in [1.165, 1.54) is 47.6 Å². The van der Waals surface area contributed by atoms with Crippen molar-refractivity contribution in [2.45, 2.75) is 157 Å². The summed E-state index contributed by atoms with van der Waals surface area (Å²) in [5, 5.41) is 6.03. The van der Waals surface area contributed by atoms with Crippen molar-refractivity contribution in [3.63, 3.8) is 0 Å². The van der Waals surface area contributed by atoms with Gasteiger partial charge in [0.15, 0.2) is 0 Å². The van der Waals surface area contributed by atoms with Crippen molar-refractivity contribution in [3.8, 4) is 61.8 Å². The average molecular weight is 1290 g/mol. The Bertz CT molecular complexity index is 4710. The molecule has 6 aromatic carbocycles. The standard InChI is InChI=1S/C85H95N7O5/c1-80(2,3)53-35-50(36-54(43-53)81(4,5)6)75-63-28-26-61(87-63)74(48-25-34-71(95-19)60(42-48)79(94)92-70-46-69(72(96-20)47-73(70)97-21)91-78(93)49-23-22-24-59(86)41-49)62-27-29-64(88-62)76(51-37-55(82(7,8)9)44-56(38-51)83(10,11)12)66-31-33-68(90-66)77(67-32-30-65(75)89-67)52-39-57(84(13,14)15)45-58(40-52)85(16,17)18/h22-47,87,90H,86H2,1-21H3,(H,91,93)(H,92,94). The first-order chi connectivity index (χ1) is 45.4. The molecule has 97 heavy (non-hydrogen) atoms. The Morgan fingerprint density at radius 3 is 1.01 bits per heavy atom. The van der Waals surface area contributed by atoms with Gasteiger partial charge >= 0.3 is 0 Å². The fourth-order valence-electron chi connectivity index (χ4n) is 12.5. The molecular weight excluding hydrogens is 1200 g/mol. The number of nitrogens with one attached hydrogen (secondary N) is 4. The summed E-state index contributed by atoms with van der Waals surface area (Å²) in [6, 6.07) is 45.3. The minimum Gasteiger partial charge on any atom is -0.496 e. The summed E-state index contributed by atoms with van der Waals surface area (Å²) in [4.78, 5) is 48.6. The van der Waals surface area contributed by atoms with Gasteiger partial charge in [-0.15, -0.1) is 0 Å². The van der Waals surface area contributed by atoms with Gasteiger partial charge in [0.2, 0.25) is 0 Å². The van der Waals surface area contributed by atoms with Crippen LogP contribution in [0.4, 0.5) is 17.1 Å². The number of carbonyl (C=O) groups is 2. The maximum absolute atomic E-state index is 15.2. The fraction of sp³-hybridized carbons (Fsp3) is 0.318. The van der Waals surface area contributed by atoms with Crippen molar-refractivity contribution in [2.24, 2.45) is 0 Å². The van der Waals surface area contributed by atoms with Gasteiger partial charge in [-0.2, -0.15) is 0 Å². The summed E-state index contributed by atoms with van der Waals surface area (Å²) >= 11 is 0. The van der Waals surface area contributed by atoms with Crippen LogP contribution in [0.3, 0.4) is 0 Å². The highest BCUT2D eigenvalue weighted by Crippen LogP contribution is 2.45. The van der Waals surface area contributed by atoms with Crippen LogP contribution in [0, 0.1) is 0 Å². The van der Waals surface area contributed by atoms with Gasteiger partial charge in [-0.05, 0) is 173 Å². The van der Waals surface area contributed by atoms with E-state index in [0.717, 1.165) is 78.1 Å². The molecule has 5 heterocycles. The predicted octanol–water partition coefficient (Wildman–Crippen LogP) is 21.2. The lowest BCUT2D eigenvalue weighted by Crippen LogP contribution is -2.16. The van der Waals surface area contributed by atoms with Gasteiger partial charge in [0.05, 0.1) is 61.0 Å². The van der Waals surface area contributed by atoms with E-state index >= 15 is 4.79 Å². The number of amides is 2. The summed E-state index contributed by atoms with van der Waals surface area (Å²) < 4.78 is 17.6. The van der Waals surface area contributed by atoms with E-state index in [0.29, 0.717) is 45.4 Å². The molecule has 2 amide bonds. The van der Waals surface area contributed by atoms with E-state index < -0.39 is 11.8 Å². The number of hydrogen-bond donors (Lipinski definition) is 5. The van der Waals surface area contributed by atoms with Crippen molar-refractivity contribution in [1.82, 2.24) is 19.9 Å². The molecular formula is C85H95N7O5. The lowest BCUT2D eigenvalue weighted by atomic mass is 9.78. The summed E-state index contributed by atoms with van der Waals surface area (Å²) in [7, 11) is 4.54. The molecule has 500 valence electrons. The number of aromatic nitrogens is 4. The Balaban J connectivity index is 1.25. The van der Waals surface area contributed by atoms with Crippen LogP contribution >= 0.6 is 0 Å². The second-order valence-corrected chi connectivity index (χ2v) is 32.1. The summed E-state index contributed by atoms with van der Waals surface area (Å²) in [6.07, 6.45) is 8.56. The smallest absolute Gasteiger partial charge is 0.259 e. The van der Waals surface area contributed by atoms with Gasteiger partial charge in [-0.1, -0.05) is 191 Å². The predicted molar refractivity (Wildman–Crippen MR) is 406 cm³/mol. The Morgan fingerprint density at radius 2 is 0.691 bits per heavy atom. The van der Waals surface area contributed by atoms with Crippen molar-refractivity contribution in [1.29, 1.82) is 0 Å². The number of fused-ring (bicyclic) bond motifs is 8. The third-order valence-electron chi connectivity index (χ3n) is 18.5. The van der Waals surface area contributed by atoms with Crippen LogP contribution in [0.2, 0.25) is 0 Å². The van der Waals surface area contributed by atoms with Crippen molar-refractivity contribution >= 4 is 75.2 Å². The van der Waals surface area contributed by atoms with Gasteiger partial charge in [-0.3, -0.25) is 9.59 Å². The molecule has 0 saturated heterocycles. The van der Waals surface area contributed by atoms with Crippen LogP contribution in [-0.2, 0) is 32.5 Å². The molecule has 2 aliphatic rings. The largest absolute Gasteiger partial charge is 0.496 e. The molecule has 0 spiro atoms. The maximum Gasteiger partial charge on any atom is 0.259 e. The lowest BCUT2D eigenvalue weighted by Gasteiger charge is -2.26. The van der Waals surface area contributed by atoms with Gasteiger partial charge in [0.1, 0.15) is 17.2 Å². The highest BCUT2D eigenvalue weighted by atomic mass is 16.5. The first-order valence-electron chi connectivity index (χ1n) is 33.5. The molecule has 3 aromatic heterocycles. The topological polar surface area (TPSA) is 169 Å². The number of methoxy groups -OCH3 is 3. The van der Waals surface area contributed by atoms with Crippen LogP contribution < -0.4 is 30.6 Å². The Hall–Kier alpha value is -9.94. The van der Waals surface area contributed by atoms with E-state index in [4.69, 9.17) is 29.9 Å². The highest BCUT2D eigenvalue weighted by Gasteiger charge is 2.29. The number of H-pyrrole nitrogens is 2. The number of hydrogen-bond acceptors (Lipinski definition) is 8. The van der Waals surface area contributed by atoms with Crippen molar-refractivity contribution in [3.05, 3.63) is 201 Å². The first-order valence-corrected chi connectivity index (χ1v) is 33.5. The SMILES string of the molecule is COc1cc(OC)c(NC(=O)c2cc(-c3c4nc(c(-c5cc(C(C)(C)C)cc(C(C)(C)C)c5)c5ccc([nH]5)c(-c5cc(C(C)(C)C)cc(C(C)(C)C)c5)c5nc(c(-c6cc(C(C)(C)C)cc(C(C)(C)C)c6)c6ccc3[nH]6)C=C5)C=C4)ccc2OC)cc1NC(=O)c1cccc(N)c1. The highest BCUT2D eigenvalue weighted by molar-refractivity contribution is 6.10. The number of aromatic amines is 2. The second kappa shape index (κ2) is 25.2. The molecule has 0 fully saturated rings. The first kappa shape index (κ1) is 68.4. The molecule has 0 radical (unpaired) electrons. The molecule has 0 saturated carbocycles. The Labute approximate surface area is 573 Å². The van der Waals surface area contributed by atoms with E-state index in [1.807, 2.05) is 18.2 Å². The number of benzene rings is 6. The minimum atomic E-state index is -0.503. The molecule has 2 aliphatic heterocycles. The number of nitrogen functional groups attached to an aromatic ring is 1. The Kier molecular flexibility index (Phi) is 17.8. The van der Waals surface area contributed by atoms with E-state index in [2.05, 4.69) is 248 Å². The molecule has 12 nitrogen and oxygen atoms in total. The third-order valence-corrected chi connectivity index (χ3v) is 18.5. The summed E-state index contributed by atoms with van der Waals surface area (Å²) in [5.74, 6) is 0.0114. The van der Waals surface area contributed by atoms with Crippen LogP contribution in [0.5, 0.6) is 17.2 Å². The van der Waals surface area contributed by atoms with Crippen molar-refractivity contribution in [2.75, 3.05) is 37.7 Å². The van der Waals surface area contributed by atoms with E-state index in [9.17, 15) is 4.79 Å². The third kappa shape index (κ3) is 14.2.